The molecule has 15 heavy (non-hydrogen) atoms. The van der Waals surface area contributed by atoms with E-state index in [0.29, 0.717) is 23.6 Å². The van der Waals surface area contributed by atoms with E-state index in [9.17, 15) is 4.79 Å². The van der Waals surface area contributed by atoms with Gasteiger partial charge < -0.3 is 4.90 Å². The van der Waals surface area contributed by atoms with Crippen LogP contribution in [0.1, 0.15) is 39.5 Å². The van der Waals surface area contributed by atoms with Crippen LogP contribution in [-0.2, 0) is 4.79 Å². The lowest BCUT2D eigenvalue weighted by molar-refractivity contribution is -0.131. The summed E-state index contributed by atoms with van der Waals surface area (Å²) >= 11 is 5.91. The van der Waals surface area contributed by atoms with Crippen molar-refractivity contribution < 1.29 is 4.79 Å². The third-order valence-electron chi connectivity index (χ3n) is 3.07. The van der Waals surface area contributed by atoms with E-state index in [1.807, 2.05) is 11.9 Å². The van der Waals surface area contributed by atoms with Crippen molar-refractivity contribution in [2.24, 2.45) is 11.8 Å². The van der Waals surface area contributed by atoms with Crippen molar-refractivity contribution in [2.45, 2.75) is 44.9 Å². The van der Waals surface area contributed by atoms with E-state index >= 15 is 0 Å². The van der Waals surface area contributed by atoms with Crippen molar-refractivity contribution in [3.63, 3.8) is 0 Å². The van der Waals surface area contributed by atoms with E-state index in [1.165, 1.54) is 0 Å². The number of nitrogens with zero attached hydrogens (tertiary/aromatic N) is 1. The summed E-state index contributed by atoms with van der Waals surface area (Å²) < 4.78 is 0. The van der Waals surface area contributed by atoms with E-state index in [1.54, 1.807) is 0 Å². The Kier molecular flexibility index (Phi) is 4.91. The summed E-state index contributed by atoms with van der Waals surface area (Å²) in [7, 11) is 1.91. The maximum absolute atomic E-state index is 11.7. The molecule has 1 aliphatic rings. The van der Waals surface area contributed by atoms with Gasteiger partial charge in [-0.05, 0) is 31.1 Å². The molecule has 1 aliphatic carbocycles. The lowest BCUT2D eigenvalue weighted by atomic mass is 9.84. The van der Waals surface area contributed by atoms with Gasteiger partial charge in [-0.1, -0.05) is 13.8 Å². The lowest BCUT2D eigenvalue weighted by Gasteiger charge is -2.34. The zero-order chi connectivity index (χ0) is 11.4. The van der Waals surface area contributed by atoms with Crippen LogP contribution in [0.4, 0.5) is 0 Å². The molecule has 0 N–H and O–H groups in total. The highest BCUT2D eigenvalue weighted by Crippen LogP contribution is 2.32. The van der Waals surface area contributed by atoms with Crippen LogP contribution in [0, 0.1) is 11.8 Å². The van der Waals surface area contributed by atoms with Gasteiger partial charge in [0.2, 0.25) is 5.91 Å². The van der Waals surface area contributed by atoms with E-state index in [4.69, 9.17) is 11.6 Å². The molecule has 0 aromatic rings. The Morgan fingerprint density at radius 1 is 1.47 bits per heavy atom. The number of hydrogen-bond donors (Lipinski definition) is 0. The first-order chi connectivity index (χ1) is 6.99. The van der Waals surface area contributed by atoms with Crippen molar-refractivity contribution in [3.05, 3.63) is 0 Å². The van der Waals surface area contributed by atoms with Gasteiger partial charge in [0.05, 0.1) is 0 Å². The summed E-state index contributed by atoms with van der Waals surface area (Å²) in [6.07, 6.45) is 3.82. The van der Waals surface area contributed by atoms with Gasteiger partial charge in [-0.3, -0.25) is 4.79 Å². The van der Waals surface area contributed by atoms with Crippen LogP contribution in [0.2, 0.25) is 0 Å². The molecule has 1 fully saturated rings. The predicted molar refractivity (Wildman–Crippen MR) is 64.1 cm³/mol. The molecule has 0 heterocycles. The molecule has 0 atom stereocenters. The van der Waals surface area contributed by atoms with Gasteiger partial charge in [0.15, 0.2) is 0 Å². The highest BCUT2D eigenvalue weighted by molar-refractivity contribution is 6.21. The first-order valence-corrected chi connectivity index (χ1v) is 6.30. The highest BCUT2D eigenvalue weighted by Gasteiger charge is 2.28. The zero-order valence-electron chi connectivity index (χ0n) is 10.0. The van der Waals surface area contributed by atoms with E-state index < -0.39 is 0 Å². The summed E-state index contributed by atoms with van der Waals surface area (Å²) in [6.45, 7) is 5.19. The molecule has 0 spiro atoms. The van der Waals surface area contributed by atoms with Gasteiger partial charge >= 0.3 is 0 Å². The minimum Gasteiger partial charge on any atom is -0.345 e. The van der Waals surface area contributed by atoms with Gasteiger partial charge in [-0.2, -0.15) is 0 Å². The molecule has 3 heteroatoms. The Morgan fingerprint density at radius 2 is 2.07 bits per heavy atom. The summed E-state index contributed by atoms with van der Waals surface area (Å²) in [5.41, 5.74) is 0. The van der Waals surface area contributed by atoms with Crippen molar-refractivity contribution >= 4 is 17.5 Å². The second kappa shape index (κ2) is 5.74. The number of hydrogen-bond acceptors (Lipinski definition) is 1. The third kappa shape index (κ3) is 4.42. The Hall–Kier alpha value is -0.240. The average molecular weight is 232 g/mol. The van der Waals surface area contributed by atoms with Crippen molar-refractivity contribution in [1.82, 2.24) is 4.90 Å². The Balaban J connectivity index is 2.15. The highest BCUT2D eigenvalue weighted by atomic mass is 35.5. The number of carbonyl (C=O) groups excluding carboxylic acids is 1. The fraction of sp³-hybridized carbons (Fsp3) is 0.917. The summed E-state index contributed by atoms with van der Waals surface area (Å²) in [5.74, 6) is 1.53. The summed E-state index contributed by atoms with van der Waals surface area (Å²) in [5, 5.41) is 0.356. The molecule has 0 bridgehead atoms. The van der Waals surface area contributed by atoms with Gasteiger partial charge in [-0.15, -0.1) is 11.6 Å². The number of amides is 1. The molecule has 1 saturated carbocycles. The summed E-state index contributed by atoms with van der Waals surface area (Å²) in [4.78, 5) is 13.6. The Morgan fingerprint density at radius 3 is 2.53 bits per heavy atom. The van der Waals surface area contributed by atoms with E-state index in [0.717, 1.165) is 25.8 Å². The van der Waals surface area contributed by atoms with Crippen LogP contribution < -0.4 is 0 Å². The normalized spacial score (nSPS) is 25.1. The second-order valence-electron chi connectivity index (χ2n) is 5.14. The Labute approximate surface area is 98.0 Å². The molecule has 88 valence electrons. The molecule has 0 saturated heterocycles. The molecule has 2 nitrogen and oxygen atoms in total. The van der Waals surface area contributed by atoms with Crippen LogP contribution in [0.3, 0.4) is 0 Å². The molecule has 0 aromatic heterocycles. The van der Waals surface area contributed by atoms with Crippen molar-refractivity contribution in [3.8, 4) is 0 Å². The minimum atomic E-state index is 0.279. The van der Waals surface area contributed by atoms with Crippen LogP contribution in [-0.4, -0.2) is 29.8 Å². The van der Waals surface area contributed by atoms with Gasteiger partial charge in [-0.25, -0.2) is 0 Å². The molecule has 0 radical (unpaired) electrons. The van der Waals surface area contributed by atoms with Crippen LogP contribution in [0.5, 0.6) is 0 Å². The first-order valence-electron chi connectivity index (χ1n) is 5.87. The van der Waals surface area contributed by atoms with E-state index in [2.05, 4.69) is 13.8 Å². The van der Waals surface area contributed by atoms with Gasteiger partial charge in [0.1, 0.15) is 0 Å². The number of carbonyl (C=O) groups is 1. The van der Waals surface area contributed by atoms with Gasteiger partial charge in [0, 0.05) is 25.4 Å². The third-order valence-corrected chi connectivity index (χ3v) is 3.43. The quantitative estimate of drug-likeness (QED) is 0.667. The Bertz CT molecular complexity index is 212. The van der Waals surface area contributed by atoms with Gasteiger partial charge in [0.25, 0.3) is 0 Å². The maximum Gasteiger partial charge on any atom is 0.222 e. The van der Waals surface area contributed by atoms with Crippen molar-refractivity contribution in [2.75, 3.05) is 13.6 Å². The molecular weight excluding hydrogens is 210 g/mol. The topological polar surface area (TPSA) is 20.3 Å². The fourth-order valence-corrected chi connectivity index (χ4v) is 2.40. The second-order valence-corrected chi connectivity index (χ2v) is 5.76. The molecular formula is C12H22ClNO. The maximum atomic E-state index is 11.7. The fourth-order valence-electron chi connectivity index (χ4n) is 1.90. The van der Waals surface area contributed by atoms with Crippen LogP contribution in [0.25, 0.3) is 0 Å². The number of halogens is 1. The zero-order valence-corrected chi connectivity index (χ0v) is 10.8. The molecule has 0 unspecified atom stereocenters. The average Bonchev–Trinajstić information content (AvgIpc) is 2.11. The smallest absolute Gasteiger partial charge is 0.222 e. The molecule has 1 rings (SSSR count). The largest absolute Gasteiger partial charge is 0.345 e. The number of alkyl halides is 1. The standard InChI is InChI=1S/C12H22ClNO/c1-9(2)4-5-12(15)14(3)8-10-6-11(13)7-10/h9-11H,4-8H2,1-3H3. The van der Waals surface area contributed by atoms with Crippen molar-refractivity contribution in [1.29, 1.82) is 0 Å². The predicted octanol–water partition coefficient (Wildman–Crippen LogP) is 2.90. The van der Waals surface area contributed by atoms with Crippen LogP contribution >= 0.6 is 11.6 Å². The number of rotatable bonds is 5. The minimum absolute atomic E-state index is 0.279. The summed E-state index contributed by atoms with van der Waals surface area (Å²) in [6, 6.07) is 0. The van der Waals surface area contributed by atoms with E-state index in [-0.39, 0.29) is 5.91 Å². The lowest BCUT2D eigenvalue weighted by Crippen LogP contribution is -2.37. The van der Waals surface area contributed by atoms with Crippen LogP contribution in [0.15, 0.2) is 0 Å². The molecule has 1 amide bonds. The molecule has 0 aromatic carbocycles. The monoisotopic (exact) mass is 231 g/mol. The SMILES string of the molecule is CC(C)CCC(=O)N(C)CC1CC(Cl)C1. The first kappa shape index (κ1) is 12.8. The molecule has 0 aliphatic heterocycles.